The van der Waals surface area contributed by atoms with Gasteiger partial charge >= 0.3 is 0 Å². The number of aromatic nitrogens is 1. The number of carbonyl (C=O) groups is 1. The zero-order valence-electron chi connectivity index (χ0n) is 11.5. The molecule has 0 radical (unpaired) electrons. The van der Waals surface area contributed by atoms with Gasteiger partial charge in [-0.3, -0.25) is 9.69 Å². The molecule has 108 valence electrons. The summed E-state index contributed by atoms with van der Waals surface area (Å²) in [6.45, 7) is 1.02. The highest BCUT2D eigenvalue weighted by Gasteiger charge is 2.31. The van der Waals surface area contributed by atoms with E-state index < -0.39 is 0 Å². The maximum absolute atomic E-state index is 12.0. The van der Waals surface area contributed by atoms with Crippen molar-refractivity contribution in [3.8, 4) is 5.75 Å². The molecular formula is C16H16N2O2S. The van der Waals surface area contributed by atoms with Gasteiger partial charge in [-0.1, -0.05) is 30.3 Å². The fourth-order valence-electron chi connectivity index (χ4n) is 2.33. The second-order valence-electron chi connectivity index (χ2n) is 4.96. The number of carbonyl (C=O) groups excluding carboxylic acids is 1. The Bertz CT molecular complexity index is 633. The Morgan fingerprint density at radius 2 is 2.05 bits per heavy atom. The van der Waals surface area contributed by atoms with Gasteiger partial charge < -0.3 is 4.74 Å². The molecule has 0 saturated carbocycles. The number of benzene rings is 1. The standard InChI is InChI=1S/C16H16N2O2S/c19-15-9-13(21)10-18(15)16-14(7-4-8-17-16)20-11-12-5-2-1-3-6-12/h1-8,13,21H,9-11H2. The fourth-order valence-corrected chi connectivity index (χ4v) is 2.65. The first-order valence-electron chi connectivity index (χ1n) is 6.84. The van der Waals surface area contributed by atoms with Gasteiger partial charge in [-0.05, 0) is 17.7 Å². The lowest BCUT2D eigenvalue weighted by Gasteiger charge is -2.18. The number of hydrogen-bond acceptors (Lipinski definition) is 4. The van der Waals surface area contributed by atoms with Crippen LogP contribution in [0.1, 0.15) is 12.0 Å². The molecule has 3 rings (SSSR count). The van der Waals surface area contributed by atoms with Crippen molar-refractivity contribution in [2.45, 2.75) is 18.3 Å². The molecule has 21 heavy (non-hydrogen) atoms. The Hall–Kier alpha value is -2.01. The zero-order chi connectivity index (χ0) is 14.7. The Labute approximate surface area is 129 Å². The van der Waals surface area contributed by atoms with E-state index in [1.165, 1.54) is 0 Å². The van der Waals surface area contributed by atoms with Crippen molar-refractivity contribution < 1.29 is 9.53 Å². The van der Waals surface area contributed by atoms with Crippen LogP contribution in [-0.2, 0) is 11.4 Å². The summed E-state index contributed by atoms with van der Waals surface area (Å²) in [5.74, 6) is 1.24. The van der Waals surface area contributed by atoms with Crippen LogP contribution < -0.4 is 9.64 Å². The highest BCUT2D eigenvalue weighted by Crippen LogP contribution is 2.30. The van der Waals surface area contributed by atoms with Crippen LogP contribution in [0.25, 0.3) is 0 Å². The number of amides is 1. The highest BCUT2D eigenvalue weighted by atomic mass is 32.1. The predicted octanol–water partition coefficient (Wildman–Crippen LogP) is 2.70. The fraction of sp³-hybridized carbons (Fsp3) is 0.250. The summed E-state index contributed by atoms with van der Waals surface area (Å²) in [5, 5.41) is 0.0569. The van der Waals surface area contributed by atoms with Crippen LogP contribution in [0.15, 0.2) is 48.7 Å². The van der Waals surface area contributed by atoms with Gasteiger partial charge in [0.05, 0.1) is 0 Å². The summed E-state index contributed by atoms with van der Waals surface area (Å²) in [5.41, 5.74) is 1.08. The van der Waals surface area contributed by atoms with Crippen LogP contribution in [0.5, 0.6) is 5.75 Å². The van der Waals surface area contributed by atoms with Crippen LogP contribution in [0.3, 0.4) is 0 Å². The monoisotopic (exact) mass is 300 g/mol. The molecule has 2 aromatic rings. The minimum atomic E-state index is 0.0401. The molecule has 0 bridgehead atoms. The molecule has 1 saturated heterocycles. The largest absolute Gasteiger partial charge is 0.485 e. The average Bonchev–Trinajstić information content (AvgIpc) is 2.85. The molecule has 1 aromatic heterocycles. The van der Waals surface area contributed by atoms with E-state index in [2.05, 4.69) is 17.6 Å². The van der Waals surface area contributed by atoms with E-state index in [0.717, 1.165) is 5.56 Å². The summed E-state index contributed by atoms with van der Waals surface area (Å²) in [4.78, 5) is 17.9. The van der Waals surface area contributed by atoms with Gasteiger partial charge in [0.15, 0.2) is 11.6 Å². The maximum Gasteiger partial charge on any atom is 0.229 e. The van der Waals surface area contributed by atoms with Crippen LogP contribution >= 0.6 is 12.6 Å². The zero-order valence-corrected chi connectivity index (χ0v) is 12.4. The second kappa shape index (κ2) is 6.18. The van der Waals surface area contributed by atoms with Crippen LogP contribution in [0, 0.1) is 0 Å². The average molecular weight is 300 g/mol. The van der Waals surface area contributed by atoms with Gasteiger partial charge in [0.25, 0.3) is 0 Å². The summed E-state index contributed by atoms with van der Waals surface area (Å²) in [6, 6.07) is 13.6. The van der Waals surface area contributed by atoms with Gasteiger partial charge in [-0.15, -0.1) is 0 Å². The van der Waals surface area contributed by atoms with E-state index in [-0.39, 0.29) is 11.2 Å². The first-order chi connectivity index (χ1) is 10.2. The molecule has 1 aromatic carbocycles. The van der Waals surface area contributed by atoms with E-state index >= 15 is 0 Å². The van der Waals surface area contributed by atoms with E-state index in [1.54, 1.807) is 11.1 Å². The number of nitrogens with zero attached hydrogens (tertiary/aromatic N) is 2. The summed E-state index contributed by atoms with van der Waals surface area (Å²) >= 11 is 4.37. The topological polar surface area (TPSA) is 42.4 Å². The summed E-state index contributed by atoms with van der Waals surface area (Å²) < 4.78 is 5.84. The number of thiol groups is 1. The van der Waals surface area contributed by atoms with Crippen molar-refractivity contribution in [3.05, 3.63) is 54.2 Å². The van der Waals surface area contributed by atoms with Crippen LogP contribution in [0.2, 0.25) is 0 Å². The minimum Gasteiger partial charge on any atom is -0.485 e. The van der Waals surface area contributed by atoms with Crippen molar-refractivity contribution in [3.63, 3.8) is 0 Å². The predicted molar refractivity (Wildman–Crippen MR) is 84.8 cm³/mol. The van der Waals surface area contributed by atoms with E-state index in [9.17, 15) is 4.79 Å². The molecule has 0 N–H and O–H groups in total. The first kappa shape index (κ1) is 13.9. The van der Waals surface area contributed by atoms with Crippen molar-refractivity contribution in [2.75, 3.05) is 11.4 Å². The molecule has 1 aliphatic rings. The van der Waals surface area contributed by atoms with Crippen molar-refractivity contribution in [2.24, 2.45) is 0 Å². The highest BCUT2D eigenvalue weighted by molar-refractivity contribution is 7.81. The number of anilines is 1. The van der Waals surface area contributed by atoms with Gasteiger partial charge in [0, 0.05) is 24.4 Å². The molecule has 4 nitrogen and oxygen atoms in total. The molecule has 0 aliphatic carbocycles. The Morgan fingerprint density at radius 1 is 1.24 bits per heavy atom. The second-order valence-corrected chi connectivity index (χ2v) is 5.69. The maximum atomic E-state index is 12.0. The summed E-state index contributed by atoms with van der Waals surface area (Å²) in [7, 11) is 0. The third-order valence-electron chi connectivity index (χ3n) is 3.35. The minimum absolute atomic E-state index is 0.0401. The lowest BCUT2D eigenvalue weighted by Crippen LogP contribution is -2.26. The van der Waals surface area contributed by atoms with Gasteiger partial charge in [0.2, 0.25) is 5.91 Å². The lowest BCUT2D eigenvalue weighted by molar-refractivity contribution is -0.117. The summed E-state index contributed by atoms with van der Waals surface area (Å²) in [6.07, 6.45) is 2.11. The molecule has 1 amide bonds. The normalized spacial score (nSPS) is 18.0. The van der Waals surface area contributed by atoms with E-state index in [0.29, 0.717) is 31.1 Å². The van der Waals surface area contributed by atoms with Gasteiger partial charge in [-0.2, -0.15) is 12.6 Å². The third kappa shape index (κ3) is 3.19. The lowest BCUT2D eigenvalue weighted by atomic mass is 10.2. The third-order valence-corrected chi connectivity index (χ3v) is 3.69. The van der Waals surface area contributed by atoms with Crippen LogP contribution in [0.4, 0.5) is 5.82 Å². The van der Waals surface area contributed by atoms with Gasteiger partial charge in [0.1, 0.15) is 6.61 Å². The number of rotatable bonds is 4. The SMILES string of the molecule is O=C1CC(S)CN1c1ncccc1OCc1ccccc1. The van der Waals surface area contributed by atoms with Gasteiger partial charge in [-0.25, -0.2) is 4.98 Å². The Kier molecular flexibility index (Phi) is 4.10. The molecular weight excluding hydrogens is 284 g/mol. The van der Waals surface area contributed by atoms with Crippen LogP contribution in [-0.4, -0.2) is 22.7 Å². The number of hydrogen-bond donors (Lipinski definition) is 1. The van der Waals surface area contributed by atoms with E-state index in [1.807, 2.05) is 42.5 Å². The van der Waals surface area contributed by atoms with E-state index in [4.69, 9.17) is 4.74 Å². The smallest absolute Gasteiger partial charge is 0.229 e. The van der Waals surface area contributed by atoms with Crippen molar-refractivity contribution >= 4 is 24.4 Å². The number of ether oxygens (including phenoxy) is 1. The molecule has 2 heterocycles. The Morgan fingerprint density at radius 3 is 2.76 bits per heavy atom. The molecule has 5 heteroatoms. The first-order valence-corrected chi connectivity index (χ1v) is 7.36. The molecule has 1 aliphatic heterocycles. The molecule has 0 spiro atoms. The molecule has 1 atom stereocenters. The molecule has 1 fully saturated rings. The molecule has 1 unspecified atom stereocenters. The number of pyridine rings is 1. The van der Waals surface area contributed by atoms with Crippen molar-refractivity contribution in [1.29, 1.82) is 0 Å². The van der Waals surface area contributed by atoms with Crippen molar-refractivity contribution in [1.82, 2.24) is 4.98 Å². The Balaban J connectivity index is 1.78. The quantitative estimate of drug-likeness (QED) is 0.883.